The molecule has 0 saturated heterocycles. The molecule has 0 saturated carbocycles. The van der Waals surface area contributed by atoms with E-state index in [1.165, 1.54) is 28.8 Å². The molecule has 0 fully saturated rings. The molecule has 1 aliphatic carbocycles. The van der Waals surface area contributed by atoms with Crippen molar-refractivity contribution in [3.8, 4) is 0 Å². The van der Waals surface area contributed by atoms with Crippen LogP contribution in [0.1, 0.15) is 30.0 Å². The van der Waals surface area contributed by atoms with E-state index < -0.39 is 0 Å². The Hall–Kier alpha value is -1.80. The quantitative estimate of drug-likeness (QED) is 0.653. The summed E-state index contributed by atoms with van der Waals surface area (Å²) in [5.74, 6) is 0.294. The fourth-order valence-corrected chi connectivity index (χ4v) is 3.05. The van der Waals surface area contributed by atoms with Gasteiger partial charge >= 0.3 is 0 Å². The van der Waals surface area contributed by atoms with Gasteiger partial charge in [-0.25, -0.2) is 4.39 Å². The lowest BCUT2D eigenvalue weighted by molar-refractivity contribution is 0.627. The van der Waals surface area contributed by atoms with Crippen molar-refractivity contribution in [2.24, 2.45) is 5.92 Å². The van der Waals surface area contributed by atoms with Crippen LogP contribution in [0.25, 0.3) is 11.1 Å². The minimum Gasteiger partial charge on any atom is -0.207 e. The zero-order valence-electron chi connectivity index (χ0n) is 12.8. The van der Waals surface area contributed by atoms with Crippen molar-refractivity contribution in [1.29, 1.82) is 0 Å². The molecule has 0 radical (unpaired) electrons. The molecule has 0 amide bonds. The van der Waals surface area contributed by atoms with Crippen molar-refractivity contribution in [2.75, 3.05) is 0 Å². The SMILES string of the molecule is Cc1ccc(C2=C(c3ccc(F)cc3)CC(C)C=C2)cc1S. The summed E-state index contributed by atoms with van der Waals surface area (Å²) in [4.78, 5) is 0.996. The molecule has 3 rings (SSSR count). The first-order valence-corrected chi connectivity index (χ1v) is 7.96. The van der Waals surface area contributed by atoms with Crippen molar-refractivity contribution in [3.05, 3.63) is 77.1 Å². The normalized spacial score (nSPS) is 17.9. The van der Waals surface area contributed by atoms with Crippen LogP contribution in [-0.4, -0.2) is 0 Å². The lowest BCUT2D eigenvalue weighted by Crippen LogP contribution is -2.02. The van der Waals surface area contributed by atoms with E-state index in [1.807, 2.05) is 12.1 Å². The number of benzene rings is 2. The lowest BCUT2D eigenvalue weighted by Gasteiger charge is -2.21. The van der Waals surface area contributed by atoms with Crippen LogP contribution in [0.15, 0.2) is 59.5 Å². The van der Waals surface area contributed by atoms with Gasteiger partial charge in [-0.05, 0) is 65.3 Å². The Morgan fingerprint density at radius 2 is 1.73 bits per heavy atom. The number of halogens is 1. The number of allylic oxidation sites excluding steroid dienone is 4. The summed E-state index contributed by atoms with van der Waals surface area (Å²) in [6.07, 6.45) is 5.39. The summed E-state index contributed by atoms with van der Waals surface area (Å²) in [7, 11) is 0. The zero-order chi connectivity index (χ0) is 15.7. The number of hydrogen-bond acceptors (Lipinski definition) is 1. The van der Waals surface area contributed by atoms with Crippen molar-refractivity contribution in [1.82, 2.24) is 0 Å². The summed E-state index contributed by atoms with van der Waals surface area (Å²) in [6, 6.07) is 13.1. The Kier molecular flexibility index (Phi) is 4.21. The first-order chi connectivity index (χ1) is 10.5. The van der Waals surface area contributed by atoms with Gasteiger partial charge < -0.3 is 0 Å². The van der Waals surface area contributed by atoms with Gasteiger partial charge in [0.1, 0.15) is 5.82 Å². The van der Waals surface area contributed by atoms with Gasteiger partial charge in [0.15, 0.2) is 0 Å². The third-order valence-corrected chi connectivity index (χ3v) is 4.64. The molecule has 0 aromatic heterocycles. The predicted molar refractivity (Wildman–Crippen MR) is 94.6 cm³/mol. The molecule has 1 aliphatic rings. The molecule has 2 heteroatoms. The lowest BCUT2D eigenvalue weighted by atomic mass is 9.84. The molecule has 0 aliphatic heterocycles. The van der Waals surface area contributed by atoms with Gasteiger partial charge in [0.05, 0.1) is 0 Å². The number of aryl methyl sites for hydroxylation is 1. The highest BCUT2D eigenvalue weighted by Crippen LogP contribution is 2.37. The first kappa shape index (κ1) is 15.1. The molecule has 0 spiro atoms. The Balaban J connectivity index is 2.14. The Morgan fingerprint density at radius 3 is 2.41 bits per heavy atom. The Bertz CT molecular complexity index is 754. The standard InChI is InChI=1S/C20H19FS/c1-13-3-10-18(16-5-4-14(2)20(22)12-16)19(11-13)15-6-8-17(21)9-7-15/h3-10,12-13,22H,11H2,1-2H3. The maximum atomic E-state index is 13.2. The summed E-state index contributed by atoms with van der Waals surface area (Å²) < 4.78 is 13.2. The predicted octanol–water partition coefficient (Wildman–Crippen LogP) is 5.93. The Labute approximate surface area is 136 Å². The Morgan fingerprint density at radius 1 is 1.05 bits per heavy atom. The summed E-state index contributed by atoms with van der Waals surface area (Å²) >= 11 is 4.54. The molecule has 0 N–H and O–H groups in total. The highest BCUT2D eigenvalue weighted by Gasteiger charge is 2.16. The van der Waals surface area contributed by atoms with Gasteiger partial charge in [0.25, 0.3) is 0 Å². The fraction of sp³-hybridized carbons (Fsp3) is 0.200. The largest absolute Gasteiger partial charge is 0.207 e. The molecular formula is C20H19FS. The van der Waals surface area contributed by atoms with E-state index in [0.29, 0.717) is 5.92 Å². The van der Waals surface area contributed by atoms with Crippen LogP contribution in [0, 0.1) is 18.7 Å². The van der Waals surface area contributed by atoms with Gasteiger partial charge in [-0.1, -0.05) is 43.3 Å². The maximum absolute atomic E-state index is 13.2. The summed E-state index contributed by atoms with van der Waals surface area (Å²) in [5.41, 5.74) is 5.91. The molecule has 1 atom stereocenters. The van der Waals surface area contributed by atoms with Gasteiger partial charge in [-0.2, -0.15) is 0 Å². The van der Waals surface area contributed by atoms with Crippen molar-refractivity contribution in [2.45, 2.75) is 25.2 Å². The maximum Gasteiger partial charge on any atom is 0.123 e. The van der Waals surface area contributed by atoms with Gasteiger partial charge in [0, 0.05) is 4.90 Å². The molecule has 0 heterocycles. The van der Waals surface area contributed by atoms with E-state index in [0.717, 1.165) is 22.4 Å². The topological polar surface area (TPSA) is 0 Å². The van der Waals surface area contributed by atoms with E-state index in [2.05, 4.69) is 56.8 Å². The fourth-order valence-electron chi connectivity index (χ4n) is 2.83. The number of rotatable bonds is 2. The summed E-state index contributed by atoms with van der Waals surface area (Å²) in [6.45, 7) is 4.26. The van der Waals surface area contributed by atoms with Gasteiger partial charge in [-0.15, -0.1) is 12.6 Å². The monoisotopic (exact) mass is 310 g/mol. The molecule has 0 nitrogen and oxygen atoms in total. The third-order valence-electron chi connectivity index (χ3n) is 4.16. The minimum atomic E-state index is -0.196. The smallest absolute Gasteiger partial charge is 0.123 e. The molecular weight excluding hydrogens is 291 g/mol. The minimum absolute atomic E-state index is 0.196. The average molecular weight is 310 g/mol. The second-order valence-electron chi connectivity index (χ2n) is 5.94. The molecule has 1 unspecified atom stereocenters. The van der Waals surface area contributed by atoms with Crippen LogP contribution in [0.2, 0.25) is 0 Å². The second kappa shape index (κ2) is 6.13. The van der Waals surface area contributed by atoms with E-state index >= 15 is 0 Å². The van der Waals surface area contributed by atoms with Gasteiger partial charge in [-0.3, -0.25) is 0 Å². The van der Waals surface area contributed by atoms with E-state index in [1.54, 1.807) is 0 Å². The van der Waals surface area contributed by atoms with E-state index in [4.69, 9.17) is 0 Å². The van der Waals surface area contributed by atoms with Crippen LogP contribution in [-0.2, 0) is 0 Å². The van der Waals surface area contributed by atoms with Crippen LogP contribution >= 0.6 is 12.6 Å². The van der Waals surface area contributed by atoms with Crippen LogP contribution in [0.4, 0.5) is 4.39 Å². The highest BCUT2D eigenvalue weighted by atomic mass is 32.1. The van der Waals surface area contributed by atoms with Crippen LogP contribution < -0.4 is 0 Å². The van der Waals surface area contributed by atoms with Crippen molar-refractivity contribution >= 4 is 23.8 Å². The van der Waals surface area contributed by atoms with E-state index in [-0.39, 0.29) is 5.82 Å². The van der Waals surface area contributed by atoms with Crippen molar-refractivity contribution < 1.29 is 4.39 Å². The van der Waals surface area contributed by atoms with Gasteiger partial charge in [0.2, 0.25) is 0 Å². The van der Waals surface area contributed by atoms with Crippen molar-refractivity contribution in [3.63, 3.8) is 0 Å². The zero-order valence-corrected chi connectivity index (χ0v) is 13.7. The van der Waals surface area contributed by atoms with Crippen LogP contribution in [0.3, 0.4) is 0 Å². The molecule has 112 valence electrons. The second-order valence-corrected chi connectivity index (χ2v) is 6.42. The third kappa shape index (κ3) is 3.02. The van der Waals surface area contributed by atoms with Crippen LogP contribution in [0.5, 0.6) is 0 Å². The first-order valence-electron chi connectivity index (χ1n) is 7.52. The molecule has 0 bridgehead atoms. The number of hydrogen-bond donors (Lipinski definition) is 1. The molecule has 2 aromatic carbocycles. The molecule has 22 heavy (non-hydrogen) atoms. The van der Waals surface area contributed by atoms with E-state index in [9.17, 15) is 4.39 Å². The summed E-state index contributed by atoms with van der Waals surface area (Å²) in [5, 5.41) is 0. The highest BCUT2D eigenvalue weighted by molar-refractivity contribution is 7.80. The molecule has 2 aromatic rings. The average Bonchev–Trinajstić information content (AvgIpc) is 2.51. The number of thiol groups is 1.